The fourth-order valence-corrected chi connectivity index (χ4v) is 4.99. The Hall–Kier alpha value is -1.05. The van der Waals surface area contributed by atoms with Crippen molar-refractivity contribution >= 4 is 46.5 Å². The van der Waals surface area contributed by atoms with Crippen molar-refractivity contribution in [2.24, 2.45) is 5.92 Å². The number of thioether (sulfide) groups is 2. The number of amides is 1. The molecule has 1 amide bonds. The van der Waals surface area contributed by atoms with E-state index in [0.717, 1.165) is 25.7 Å². The van der Waals surface area contributed by atoms with Crippen LogP contribution in [0.15, 0.2) is 26.9 Å². The third-order valence-electron chi connectivity index (χ3n) is 3.45. The topological polar surface area (TPSA) is 54.9 Å². The number of aryl methyl sites for hydroxylation is 1. The van der Waals surface area contributed by atoms with Gasteiger partial charge in [-0.1, -0.05) is 80.8 Å². The maximum Gasteiger partial charge on any atom is 0.234 e. The van der Waals surface area contributed by atoms with Crippen LogP contribution in [-0.2, 0) is 4.79 Å². The summed E-state index contributed by atoms with van der Waals surface area (Å²) in [6, 6.07) is 6.13. The third kappa shape index (κ3) is 6.31. The van der Waals surface area contributed by atoms with Crippen molar-refractivity contribution in [2.45, 2.75) is 49.2 Å². The number of carbonyl (C=O) groups is 1. The van der Waals surface area contributed by atoms with Gasteiger partial charge in [-0.3, -0.25) is 4.79 Å². The van der Waals surface area contributed by atoms with Crippen molar-refractivity contribution in [3.8, 4) is 0 Å². The third-order valence-corrected chi connectivity index (χ3v) is 7.06. The lowest BCUT2D eigenvalue weighted by Crippen LogP contribution is -2.16. The van der Waals surface area contributed by atoms with Crippen LogP contribution in [0.3, 0.4) is 0 Å². The van der Waals surface area contributed by atoms with Crippen molar-refractivity contribution in [1.29, 1.82) is 0 Å². The number of hydrogen-bond acceptors (Lipinski definition) is 6. The van der Waals surface area contributed by atoms with Crippen LogP contribution in [0.4, 0.5) is 5.69 Å². The molecule has 0 bridgehead atoms. The smallest absolute Gasteiger partial charge is 0.234 e. The van der Waals surface area contributed by atoms with Gasteiger partial charge >= 0.3 is 0 Å². The second-order valence-electron chi connectivity index (χ2n) is 6.57. The predicted molar refractivity (Wildman–Crippen MR) is 110 cm³/mol. The lowest BCUT2D eigenvalue weighted by atomic mass is 9.98. The van der Waals surface area contributed by atoms with Gasteiger partial charge in [0.1, 0.15) is 0 Å². The Morgan fingerprint density at radius 3 is 2.48 bits per heavy atom. The van der Waals surface area contributed by atoms with Crippen molar-refractivity contribution in [2.75, 3.05) is 16.8 Å². The summed E-state index contributed by atoms with van der Waals surface area (Å²) in [6.45, 7) is 10.7. The molecule has 1 heterocycles. The molecule has 2 aromatic rings. The molecule has 25 heavy (non-hydrogen) atoms. The van der Waals surface area contributed by atoms with Gasteiger partial charge in [0, 0.05) is 11.4 Å². The number of carbonyl (C=O) groups excluding carboxylic acids is 1. The average molecular weight is 396 g/mol. The van der Waals surface area contributed by atoms with E-state index in [9.17, 15) is 4.79 Å². The highest BCUT2D eigenvalue weighted by molar-refractivity contribution is 8.03. The highest BCUT2D eigenvalue weighted by Crippen LogP contribution is 2.31. The minimum atomic E-state index is -0.00668. The summed E-state index contributed by atoms with van der Waals surface area (Å²) in [5, 5.41) is 11.4. The lowest BCUT2D eigenvalue weighted by Gasteiger charge is -2.16. The fourth-order valence-electron chi connectivity index (χ4n) is 2.20. The van der Waals surface area contributed by atoms with Crippen LogP contribution in [0.2, 0.25) is 0 Å². The number of rotatable bonds is 8. The molecule has 0 radical (unpaired) electrons. The number of anilines is 1. The zero-order valence-corrected chi connectivity index (χ0v) is 17.8. The monoisotopic (exact) mass is 395 g/mol. The SMILES string of the molecule is Cc1cccc(C(C)C)c1NC(=O)CSc1nnc(SCC(C)C)s1. The molecule has 0 aliphatic carbocycles. The van der Waals surface area contributed by atoms with Crippen molar-refractivity contribution < 1.29 is 4.79 Å². The molecule has 4 nitrogen and oxygen atoms in total. The lowest BCUT2D eigenvalue weighted by molar-refractivity contribution is -0.113. The molecule has 0 atom stereocenters. The van der Waals surface area contributed by atoms with Crippen LogP contribution in [0.25, 0.3) is 0 Å². The number of aromatic nitrogens is 2. The predicted octanol–water partition coefficient (Wildman–Crippen LogP) is 5.45. The largest absolute Gasteiger partial charge is 0.325 e. The molecule has 0 spiro atoms. The average Bonchev–Trinajstić information content (AvgIpc) is 3.00. The molecular formula is C18H25N3OS3. The van der Waals surface area contributed by atoms with Crippen LogP contribution in [0, 0.1) is 12.8 Å². The minimum Gasteiger partial charge on any atom is -0.325 e. The number of nitrogens with zero attached hydrogens (tertiary/aromatic N) is 2. The second-order valence-corrected chi connectivity index (χ2v) is 10.0. The van der Waals surface area contributed by atoms with Crippen LogP contribution in [0.1, 0.15) is 44.7 Å². The number of para-hydroxylation sites is 1. The van der Waals surface area contributed by atoms with E-state index in [0.29, 0.717) is 17.6 Å². The Kier molecular flexibility index (Phi) is 7.78. The second kappa shape index (κ2) is 9.59. The van der Waals surface area contributed by atoms with Crippen LogP contribution < -0.4 is 5.32 Å². The van der Waals surface area contributed by atoms with Gasteiger partial charge in [-0.2, -0.15) is 0 Å². The molecule has 7 heteroatoms. The van der Waals surface area contributed by atoms with Crippen LogP contribution >= 0.6 is 34.9 Å². The highest BCUT2D eigenvalue weighted by Gasteiger charge is 2.13. The molecule has 1 aromatic heterocycles. The molecule has 0 unspecified atom stereocenters. The first-order valence-corrected chi connectivity index (χ1v) is 11.1. The first-order valence-electron chi connectivity index (χ1n) is 8.35. The molecule has 1 N–H and O–H groups in total. The zero-order valence-electron chi connectivity index (χ0n) is 15.3. The summed E-state index contributed by atoms with van der Waals surface area (Å²) in [5.41, 5.74) is 3.20. The fraction of sp³-hybridized carbons (Fsp3) is 0.500. The van der Waals surface area contributed by atoms with E-state index in [2.05, 4.69) is 49.3 Å². The van der Waals surface area contributed by atoms with Gasteiger partial charge in [-0.25, -0.2) is 0 Å². The van der Waals surface area contributed by atoms with E-state index in [4.69, 9.17) is 0 Å². The number of benzene rings is 1. The number of nitrogens with one attached hydrogen (secondary N) is 1. The van der Waals surface area contributed by atoms with E-state index in [-0.39, 0.29) is 5.91 Å². The summed E-state index contributed by atoms with van der Waals surface area (Å²) < 4.78 is 1.81. The van der Waals surface area contributed by atoms with Crippen molar-refractivity contribution in [3.05, 3.63) is 29.3 Å². The zero-order chi connectivity index (χ0) is 18.4. The first kappa shape index (κ1) is 20.3. The van der Waals surface area contributed by atoms with Crippen LogP contribution in [-0.4, -0.2) is 27.6 Å². The van der Waals surface area contributed by atoms with Gasteiger partial charge in [0.15, 0.2) is 8.68 Å². The summed E-state index contributed by atoms with van der Waals surface area (Å²) in [5.74, 6) is 2.36. The molecule has 0 aliphatic heterocycles. The maximum absolute atomic E-state index is 12.4. The molecule has 0 aliphatic rings. The standard InChI is InChI=1S/C18H25N3OS3/c1-11(2)9-23-17-20-21-18(25-17)24-10-15(22)19-16-13(5)7-6-8-14(16)12(3)4/h6-8,11-12H,9-10H2,1-5H3,(H,19,22). The van der Waals surface area contributed by atoms with Crippen LogP contribution in [0.5, 0.6) is 0 Å². The summed E-state index contributed by atoms with van der Waals surface area (Å²) in [7, 11) is 0. The Bertz CT molecular complexity index is 713. The minimum absolute atomic E-state index is 0.00668. The van der Waals surface area contributed by atoms with Gasteiger partial charge in [0.2, 0.25) is 5.91 Å². The molecule has 0 saturated carbocycles. The Labute approximate surface area is 162 Å². The summed E-state index contributed by atoms with van der Waals surface area (Å²) in [6.07, 6.45) is 0. The van der Waals surface area contributed by atoms with Crippen molar-refractivity contribution in [3.63, 3.8) is 0 Å². The maximum atomic E-state index is 12.4. The van der Waals surface area contributed by atoms with E-state index in [1.54, 1.807) is 23.1 Å². The van der Waals surface area contributed by atoms with Gasteiger partial charge in [0.05, 0.1) is 5.75 Å². The molecule has 0 fully saturated rings. The molecule has 1 aromatic carbocycles. The van der Waals surface area contributed by atoms with Crippen molar-refractivity contribution in [1.82, 2.24) is 10.2 Å². The molecule has 0 saturated heterocycles. The van der Waals surface area contributed by atoms with E-state index < -0.39 is 0 Å². The summed E-state index contributed by atoms with van der Waals surface area (Å²) >= 11 is 4.72. The first-order chi connectivity index (χ1) is 11.9. The van der Waals surface area contributed by atoms with Gasteiger partial charge in [-0.15, -0.1) is 10.2 Å². The van der Waals surface area contributed by atoms with E-state index in [1.165, 1.54) is 17.3 Å². The van der Waals surface area contributed by atoms with E-state index >= 15 is 0 Å². The quantitative estimate of drug-likeness (QED) is 0.602. The highest BCUT2D eigenvalue weighted by atomic mass is 32.2. The molecule has 2 rings (SSSR count). The summed E-state index contributed by atoms with van der Waals surface area (Å²) in [4.78, 5) is 12.4. The Morgan fingerprint density at radius 2 is 1.84 bits per heavy atom. The number of hydrogen-bond donors (Lipinski definition) is 1. The van der Waals surface area contributed by atoms with Gasteiger partial charge < -0.3 is 5.32 Å². The Balaban J connectivity index is 1.91. The molecule has 136 valence electrons. The normalized spacial score (nSPS) is 11.3. The molecular weight excluding hydrogens is 370 g/mol. The van der Waals surface area contributed by atoms with Gasteiger partial charge in [0.25, 0.3) is 0 Å². The van der Waals surface area contributed by atoms with E-state index in [1.807, 2.05) is 19.1 Å². The van der Waals surface area contributed by atoms with Gasteiger partial charge in [-0.05, 0) is 29.9 Å². The Morgan fingerprint density at radius 1 is 1.16 bits per heavy atom.